The third-order valence-corrected chi connectivity index (χ3v) is 4.53. The molecule has 0 radical (unpaired) electrons. The van der Waals surface area contributed by atoms with Crippen LogP contribution in [-0.2, 0) is 28.6 Å². The minimum Gasteiger partial charge on any atom is -0.246 e. The lowest BCUT2D eigenvalue weighted by molar-refractivity contribution is 0.183. The molecule has 0 aliphatic carbocycles. The molecule has 1 saturated heterocycles. The fraction of sp³-hybridized carbons (Fsp3) is 1.00. The summed E-state index contributed by atoms with van der Waals surface area (Å²) in [7, 11) is -7.77. The lowest BCUT2D eigenvalue weighted by Crippen LogP contribution is -2.40. The van der Waals surface area contributed by atoms with E-state index in [0.717, 1.165) is 13.8 Å². The fourth-order valence-corrected chi connectivity index (χ4v) is 3.13. The van der Waals surface area contributed by atoms with Crippen molar-refractivity contribution in [2.75, 3.05) is 0 Å². The summed E-state index contributed by atoms with van der Waals surface area (Å²) >= 11 is 0. The molecule has 8 heteroatoms. The molecule has 1 aliphatic heterocycles. The van der Waals surface area contributed by atoms with Crippen LogP contribution in [0.1, 0.15) is 13.8 Å². The van der Waals surface area contributed by atoms with Crippen molar-refractivity contribution in [2.24, 2.45) is 0 Å². The van der Waals surface area contributed by atoms with Crippen molar-refractivity contribution in [3.8, 4) is 0 Å². The van der Waals surface area contributed by atoms with Crippen LogP contribution in [0.25, 0.3) is 0 Å². The Labute approximate surface area is 70.7 Å². The van der Waals surface area contributed by atoms with Crippen molar-refractivity contribution in [1.82, 2.24) is 0 Å². The topological polar surface area (TPSA) is 86.7 Å². The third-order valence-electron chi connectivity index (χ3n) is 1.35. The van der Waals surface area contributed by atoms with Crippen molar-refractivity contribution in [3.63, 3.8) is 0 Å². The Bertz CT molecular complexity index is 326. The van der Waals surface area contributed by atoms with Crippen molar-refractivity contribution in [3.05, 3.63) is 0 Å². The maximum Gasteiger partial charge on any atom is 0.297 e. The Morgan fingerprint density at radius 3 is 1.33 bits per heavy atom. The highest BCUT2D eigenvalue weighted by atomic mass is 32.2. The molecule has 0 amide bonds. The second kappa shape index (κ2) is 2.66. The van der Waals surface area contributed by atoms with Gasteiger partial charge in [0, 0.05) is 0 Å². The van der Waals surface area contributed by atoms with E-state index in [-0.39, 0.29) is 0 Å². The molecule has 6 nitrogen and oxygen atoms in total. The largest absolute Gasteiger partial charge is 0.297 e. The molecule has 0 aromatic rings. The molecule has 2 unspecified atom stereocenters. The van der Waals surface area contributed by atoms with Crippen molar-refractivity contribution in [2.45, 2.75) is 24.7 Å². The van der Waals surface area contributed by atoms with Crippen LogP contribution in [0.4, 0.5) is 0 Å². The fourth-order valence-electron chi connectivity index (χ4n) is 0.630. The van der Waals surface area contributed by atoms with Gasteiger partial charge in [-0.1, -0.05) is 0 Å². The smallest absolute Gasteiger partial charge is 0.246 e. The minimum atomic E-state index is -3.88. The van der Waals surface area contributed by atoms with Crippen LogP contribution >= 0.6 is 0 Å². The van der Waals surface area contributed by atoms with E-state index in [1.54, 1.807) is 0 Å². The zero-order valence-electron chi connectivity index (χ0n) is 6.42. The van der Waals surface area contributed by atoms with Crippen molar-refractivity contribution in [1.29, 1.82) is 0 Å². The first-order valence-corrected chi connectivity index (χ1v) is 6.04. The van der Waals surface area contributed by atoms with Crippen molar-refractivity contribution < 1.29 is 25.2 Å². The number of hydrogen-bond acceptors (Lipinski definition) is 6. The molecular formula is C4H8O6S2. The Hall–Kier alpha value is -0.180. The summed E-state index contributed by atoms with van der Waals surface area (Å²) in [6, 6.07) is 0. The van der Waals surface area contributed by atoms with Crippen LogP contribution < -0.4 is 0 Å². The Kier molecular flexibility index (Phi) is 2.19. The number of rotatable bonds is 0. The van der Waals surface area contributed by atoms with Gasteiger partial charge in [-0.25, -0.2) is 8.37 Å². The van der Waals surface area contributed by atoms with Crippen LogP contribution in [0.3, 0.4) is 0 Å². The summed E-state index contributed by atoms with van der Waals surface area (Å²) in [4.78, 5) is 0. The van der Waals surface area contributed by atoms with E-state index in [1.807, 2.05) is 0 Å². The predicted molar refractivity (Wildman–Crippen MR) is 38.9 cm³/mol. The maximum atomic E-state index is 10.9. The summed E-state index contributed by atoms with van der Waals surface area (Å²) < 4.78 is 52.0. The lowest BCUT2D eigenvalue weighted by atomic mass is 10.9. The van der Waals surface area contributed by atoms with Gasteiger partial charge >= 0.3 is 0 Å². The summed E-state index contributed by atoms with van der Waals surface area (Å²) in [5.74, 6) is 0. The first-order valence-electron chi connectivity index (χ1n) is 3.10. The molecule has 1 rings (SSSR count). The summed E-state index contributed by atoms with van der Waals surface area (Å²) in [6.07, 6.45) is 0. The molecule has 0 spiro atoms. The predicted octanol–water partition coefficient (Wildman–Crippen LogP) is -0.615. The quantitative estimate of drug-likeness (QED) is 0.502. The lowest BCUT2D eigenvalue weighted by Gasteiger charge is -2.23. The summed E-state index contributed by atoms with van der Waals surface area (Å²) in [6.45, 7) is 2.19. The van der Waals surface area contributed by atoms with Crippen LogP contribution in [0.2, 0.25) is 0 Å². The molecule has 0 N–H and O–H groups in total. The van der Waals surface area contributed by atoms with Gasteiger partial charge in [-0.05, 0) is 13.8 Å². The maximum absolute atomic E-state index is 10.9. The molecule has 72 valence electrons. The highest BCUT2D eigenvalue weighted by molar-refractivity contribution is 7.92. The van der Waals surface area contributed by atoms with Gasteiger partial charge in [0.25, 0.3) is 20.2 Å². The van der Waals surface area contributed by atoms with E-state index in [0.29, 0.717) is 0 Å². The zero-order valence-corrected chi connectivity index (χ0v) is 8.05. The number of hydrogen-bond donors (Lipinski definition) is 0. The second-order valence-electron chi connectivity index (χ2n) is 2.31. The Balaban J connectivity index is 3.07. The molecule has 1 fully saturated rings. The van der Waals surface area contributed by atoms with Gasteiger partial charge in [-0.3, -0.25) is 0 Å². The van der Waals surface area contributed by atoms with Crippen molar-refractivity contribution >= 4 is 20.2 Å². The molecule has 1 aliphatic rings. The summed E-state index contributed by atoms with van der Waals surface area (Å²) in [5, 5.41) is 0. The highest BCUT2D eigenvalue weighted by Crippen LogP contribution is 2.22. The van der Waals surface area contributed by atoms with Gasteiger partial charge < -0.3 is 0 Å². The molecule has 0 bridgehead atoms. The average molecular weight is 216 g/mol. The molecule has 12 heavy (non-hydrogen) atoms. The third kappa shape index (κ3) is 1.60. The van der Waals surface area contributed by atoms with Crippen LogP contribution in [-0.4, -0.2) is 27.7 Å². The molecule has 0 aromatic carbocycles. The van der Waals surface area contributed by atoms with Gasteiger partial charge in [0.05, 0.1) is 0 Å². The molecule has 0 aromatic heterocycles. The van der Waals surface area contributed by atoms with E-state index in [1.165, 1.54) is 0 Å². The van der Waals surface area contributed by atoms with Gasteiger partial charge in [0.2, 0.25) is 10.9 Å². The van der Waals surface area contributed by atoms with E-state index in [4.69, 9.17) is 0 Å². The minimum absolute atomic E-state index is 1.10. The highest BCUT2D eigenvalue weighted by Gasteiger charge is 2.41. The SMILES string of the molecule is CC1OS(=O)(=O)C(C)OS1(=O)=O. The van der Waals surface area contributed by atoms with Gasteiger partial charge in [-0.2, -0.15) is 16.8 Å². The van der Waals surface area contributed by atoms with Crippen LogP contribution in [0, 0.1) is 0 Å². The van der Waals surface area contributed by atoms with Gasteiger partial charge in [0.15, 0.2) is 0 Å². The monoisotopic (exact) mass is 216 g/mol. The normalized spacial score (nSPS) is 39.2. The first kappa shape index (κ1) is 9.90. The Morgan fingerprint density at radius 1 is 0.833 bits per heavy atom. The van der Waals surface area contributed by atoms with E-state index >= 15 is 0 Å². The molecule has 0 saturated carbocycles. The molecule has 2 atom stereocenters. The molecular weight excluding hydrogens is 208 g/mol. The van der Waals surface area contributed by atoms with Crippen LogP contribution in [0.5, 0.6) is 0 Å². The average Bonchev–Trinajstić information content (AvgIpc) is 1.82. The van der Waals surface area contributed by atoms with E-state index < -0.39 is 31.1 Å². The van der Waals surface area contributed by atoms with Crippen LogP contribution in [0.15, 0.2) is 0 Å². The van der Waals surface area contributed by atoms with E-state index in [9.17, 15) is 16.8 Å². The van der Waals surface area contributed by atoms with Gasteiger partial charge in [-0.15, -0.1) is 0 Å². The summed E-state index contributed by atoms with van der Waals surface area (Å²) in [5.41, 5.74) is -2.92. The van der Waals surface area contributed by atoms with E-state index in [2.05, 4.69) is 8.37 Å². The molecule has 1 heterocycles. The first-order chi connectivity index (χ1) is 5.26. The van der Waals surface area contributed by atoms with Gasteiger partial charge in [0.1, 0.15) is 0 Å². The Morgan fingerprint density at radius 2 is 1.08 bits per heavy atom. The zero-order chi connectivity index (χ0) is 9.57. The second-order valence-corrected chi connectivity index (χ2v) is 6.00. The standard InChI is InChI=1S/C4H8O6S2/c1-3-9-12(7,8)4(2)10-11(3,5)6/h3-4H,1-2H3.